The van der Waals surface area contributed by atoms with E-state index < -0.39 is 5.97 Å². The van der Waals surface area contributed by atoms with E-state index in [2.05, 4.69) is 28.2 Å². The van der Waals surface area contributed by atoms with E-state index in [0.29, 0.717) is 15.4 Å². The fourth-order valence-electron chi connectivity index (χ4n) is 1.23. The van der Waals surface area contributed by atoms with Gasteiger partial charge < -0.3 is 10.4 Å². The highest BCUT2D eigenvalue weighted by Gasteiger charge is 2.13. The molecule has 0 aliphatic rings. The Morgan fingerprint density at radius 3 is 2.88 bits per heavy atom. The molecule has 0 amide bonds. The molecule has 0 aliphatic carbocycles. The zero-order chi connectivity index (χ0) is 12.1. The molecule has 1 rings (SSSR count). The van der Waals surface area contributed by atoms with Gasteiger partial charge in [-0.15, -0.1) is 0 Å². The molecule has 1 aromatic rings. The number of halogens is 1. The molecule has 1 aromatic carbocycles. The molecule has 3 nitrogen and oxygen atoms in total. The minimum Gasteiger partial charge on any atom is -0.478 e. The first-order chi connectivity index (χ1) is 7.56. The van der Waals surface area contributed by atoms with Crippen LogP contribution in [-0.2, 0) is 0 Å². The van der Waals surface area contributed by atoms with Crippen LogP contribution in [0.3, 0.4) is 0 Å². The van der Waals surface area contributed by atoms with Gasteiger partial charge in [0.05, 0.1) is 5.56 Å². The Balaban J connectivity index is 2.87. The van der Waals surface area contributed by atoms with Crippen LogP contribution in [0.15, 0.2) is 22.7 Å². The molecule has 5 heteroatoms. The summed E-state index contributed by atoms with van der Waals surface area (Å²) in [5, 5.41) is 12.7. The van der Waals surface area contributed by atoms with Gasteiger partial charge in [-0.25, -0.2) is 4.79 Å². The van der Waals surface area contributed by atoms with Crippen molar-refractivity contribution >= 4 is 39.3 Å². The quantitative estimate of drug-likeness (QED) is 0.876. The highest BCUT2D eigenvalue weighted by molar-refractivity contribution is 9.10. The van der Waals surface area contributed by atoms with Gasteiger partial charge in [-0.3, -0.25) is 0 Å². The highest BCUT2D eigenvalue weighted by Crippen LogP contribution is 2.25. The highest BCUT2D eigenvalue weighted by atomic mass is 79.9. The van der Waals surface area contributed by atoms with Crippen LogP contribution < -0.4 is 5.32 Å². The van der Waals surface area contributed by atoms with Crippen molar-refractivity contribution in [2.75, 3.05) is 18.1 Å². The van der Waals surface area contributed by atoms with Gasteiger partial charge in [0.2, 0.25) is 0 Å². The van der Waals surface area contributed by atoms with Crippen molar-refractivity contribution in [1.29, 1.82) is 0 Å². The minimum atomic E-state index is -0.924. The van der Waals surface area contributed by atoms with E-state index in [1.807, 2.05) is 12.3 Å². The first-order valence-corrected chi connectivity index (χ1v) is 6.92. The van der Waals surface area contributed by atoms with Gasteiger partial charge in [-0.05, 0) is 34.3 Å². The van der Waals surface area contributed by atoms with Gasteiger partial charge in [0.15, 0.2) is 0 Å². The van der Waals surface area contributed by atoms with Crippen LogP contribution in [-0.4, -0.2) is 29.1 Å². The second kappa shape index (κ2) is 6.15. The molecule has 0 radical (unpaired) electrons. The summed E-state index contributed by atoms with van der Waals surface area (Å²) in [7, 11) is 0. The number of carboxylic acid groups (broad SMARTS) is 1. The molecule has 0 heterocycles. The summed E-state index contributed by atoms with van der Waals surface area (Å²) < 4.78 is 0.599. The Morgan fingerprint density at radius 2 is 2.31 bits per heavy atom. The Morgan fingerprint density at radius 1 is 1.62 bits per heavy atom. The first kappa shape index (κ1) is 13.4. The maximum atomic E-state index is 11.1. The average molecular weight is 304 g/mol. The van der Waals surface area contributed by atoms with Crippen molar-refractivity contribution in [3.63, 3.8) is 0 Å². The molecule has 2 N–H and O–H groups in total. The fourth-order valence-corrected chi connectivity index (χ4v) is 2.01. The fraction of sp³-hybridized carbons (Fsp3) is 0.364. The monoisotopic (exact) mass is 303 g/mol. The number of hydrogen-bond donors (Lipinski definition) is 2. The van der Waals surface area contributed by atoms with Crippen molar-refractivity contribution in [2.24, 2.45) is 0 Å². The maximum absolute atomic E-state index is 11.1. The van der Waals surface area contributed by atoms with Gasteiger partial charge >= 0.3 is 5.97 Å². The Bertz CT molecular complexity index is 384. The Kier molecular flexibility index (Phi) is 5.15. The van der Waals surface area contributed by atoms with E-state index >= 15 is 0 Å². The van der Waals surface area contributed by atoms with E-state index in [1.165, 1.54) is 0 Å². The van der Waals surface area contributed by atoms with Crippen LogP contribution in [0.1, 0.15) is 17.3 Å². The lowest BCUT2D eigenvalue weighted by Gasteiger charge is -2.13. The Labute approximate surface area is 108 Å². The lowest BCUT2D eigenvalue weighted by atomic mass is 10.2. The summed E-state index contributed by atoms with van der Waals surface area (Å²) in [5.41, 5.74) is 0.943. The number of rotatable bonds is 5. The third kappa shape index (κ3) is 3.42. The molecule has 16 heavy (non-hydrogen) atoms. The predicted octanol–water partition coefficient (Wildman–Crippen LogP) is 3.31. The van der Waals surface area contributed by atoms with E-state index in [0.717, 1.165) is 6.54 Å². The zero-order valence-electron chi connectivity index (χ0n) is 9.16. The van der Waals surface area contributed by atoms with Crippen LogP contribution in [0.25, 0.3) is 0 Å². The topological polar surface area (TPSA) is 49.3 Å². The summed E-state index contributed by atoms with van der Waals surface area (Å²) in [6.45, 7) is 2.84. The molecule has 0 aromatic heterocycles. The maximum Gasteiger partial charge on any atom is 0.338 e. The molecular formula is C11H14BrNO2S. The summed E-state index contributed by atoms with van der Waals surface area (Å²) >= 11 is 4.99. The second-order valence-corrected chi connectivity index (χ2v) is 5.53. The van der Waals surface area contributed by atoms with Crippen molar-refractivity contribution in [3.05, 3.63) is 28.2 Å². The number of hydrogen-bond acceptors (Lipinski definition) is 3. The van der Waals surface area contributed by atoms with E-state index in [9.17, 15) is 4.79 Å². The van der Waals surface area contributed by atoms with E-state index in [-0.39, 0.29) is 5.56 Å². The van der Waals surface area contributed by atoms with Crippen molar-refractivity contribution < 1.29 is 9.90 Å². The zero-order valence-corrected chi connectivity index (χ0v) is 11.6. The molecule has 0 aliphatic heterocycles. The number of aromatic carboxylic acids is 1. The molecule has 0 fully saturated rings. The largest absolute Gasteiger partial charge is 0.478 e. The number of benzene rings is 1. The molecule has 1 unspecified atom stereocenters. The lowest BCUT2D eigenvalue weighted by Crippen LogP contribution is -2.15. The van der Waals surface area contributed by atoms with Gasteiger partial charge in [0.1, 0.15) is 0 Å². The second-order valence-electron chi connectivity index (χ2n) is 3.39. The smallest absolute Gasteiger partial charge is 0.338 e. The van der Waals surface area contributed by atoms with Gasteiger partial charge in [-0.2, -0.15) is 11.8 Å². The summed E-state index contributed by atoms with van der Waals surface area (Å²) in [6.07, 6.45) is 2.03. The number of nitrogens with one attached hydrogen (secondary N) is 1. The number of carbonyl (C=O) groups is 1. The third-order valence-corrected chi connectivity index (χ3v) is 3.84. The first-order valence-electron chi connectivity index (χ1n) is 4.84. The van der Waals surface area contributed by atoms with Gasteiger partial charge in [0.25, 0.3) is 0 Å². The SMILES string of the molecule is CSC(C)CNc1cccc(Br)c1C(=O)O. The van der Waals surface area contributed by atoms with Crippen LogP contribution in [0, 0.1) is 0 Å². The summed E-state index contributed by atoms with van der Waals surface area (Å²) in [5.74, 6) is -0.924. The molecule has 1 atom stereocenters. The molecule has 0 saturated heterocycles. The van der Waals surface area contributed by atoms with E-state index in [1.54, 1.807) is 23.9 Å². The average Bonchev–Trinajstić information content (AvgIpc) is 2.25. The molecule has 88 valence electrons. The molecule has 0 bridgehead atoms. The molecule has 0 spiro atoms. The standard InChI is InChI=1S/C11H14BrNO2S/c1-7(16-2)6-13-9-5-3-4-8(12)10(9)11(14)15/h3-5,7,13H,6H2,1-2H3,(H,14,15). The van der Waals surface area contributed by atoms with Crippen LogP contribution >= 0.6 is 27.7 Å². The van der Waals surface area contributed by atoms with Crippen LogP contribution in [0.2, 0.25) is 0 Å². The normalized spacial score (nSPS) is 12.2. The van der Waals surface area contributed by atoms with Gasteiger partial charge in [-0.1, -0.05) is 13.0 Å². The number of carboxylic acids is 1. The summed E-state index contributed by atoms with van der Waals surface area (Å²) in [6, 6.07) is 5.33. The summed E-state index contributed by atoms with van der Waals surface area (Å²) in [4.78, 5) is 11.1. The van der Waals surface area contributed by atoms with Crippen LogP contribution in [0.4, 0.5) is 5.69 Å². The number of anilines is 1. The van der Waals surface area contributed by atoms with E-state index in [4.69, 9.17) is 5.11 Å². The van der Waals surface area contributed by atoms with Crippen molar-refractivity contribution in [3.8, 4) is 0 Å². The molecule has 0 saturated carbocycles. The predicted molar refractivity (Wildman–Crippen MR) is 72.6 cm³/mol. The molecular weight excluding hydrogens is 290 g/mol. The van der Waals surface area contributed by atoms with Crippen molar-refractivity contribution in [2.45, 2.75) is 12.2 Å². The number of thioether (sulfide) groups is 1. The minimum absolute atomic E-state index is 0.288. The lowest BCUT2D eigenvalue weighted by molar-refractivity contribution is 0.0697. The van der Waals surface area contributed by atoms with Gasteiger partial charge in [0, 0.05) is 22.0 Å². The Hall–Kier alpha value is -0.680. The third-order valence-electron chi connectivity index (χ3n) is 2.21. The van der Waals surface area contributed by atoms with Crippen molar-refractivity contribution in [1.82, 2.24) is 0 Å². The van der Waals surface area contributed by atoms with Crippen LogP contribution in [0.5, 0.6) is 0 Å².